The van der Waals surface area contributed by atoms with Crippen LogP contribution in [-0.4, -0.2) is 141 Å². The summed E-state index contributed by atoms with van der Waals surface area (Å²) in [5.41, 5.74) is 0.135. The Labute approximate surface area is 336 Å². The highest BCUT2D eigenvalue weighted by atomic mass is 31.2. The molecule has 0 spiro atoms. The van der Waals surface area contributed by atoms with Crippen LogP contribution in [0, 0.1) is 29.6 Å². The van der Waals surface area contributed by atoms with Crippen molar-refractivity contribution < 1.29 is 27.9 Å². The molecule has 0 aromatic carbocycles. The summed E-state index contributed by atoms with van der Waals surface area (Å²) in [7, 11) is 3.22. The zero-order valence-electron chi connectivity index (χ0n) is 39.0. The van der Waals surface area contributed by atoms with E-state index in [1.165, 1.54) is 0 Å². The van der Waals surface area contributed by atoms with Crippen LogP contribution in [0.4, 0.5) is 0 Å². The minimum Gasteiger partial charge on any atom is -0.372 e. The quantitative estimate of drug-likeness (QED) is 0.192. The molecule has 3 aliphatic rings. The highest BCUT2D eigenvalue weighted by Gasteiger charge is 2.43. The second kappa shape index (κ2) is 26.1. The third-order valence-electron chi connectivity index (χ3n) is 10.2. The zero-order valence-corrected chi connectivity index (χ0v) is 40.7. The lowest BCUT2D eigenvalue weighted by Crippen LogP contribution is -2.51. The molecule has 54 heavy (non-hydrogen) atoms. The standard InChI is InChI=1S/C15H33N2O2P.C11H23NO.C10H21NO.C5H13NO2P/c1-11(2)14-9-17(10-15(19-14)12(3)4)20(18,13(5)6)16(7)8;1-8(2)11-7-12(9(3)4)6-10(5)13-11;1-7(2)9-5-11-6-10(12-9)8(3)4;1-5(2)8-9(7)6(3)4/h11-15H,9-10H2,1-8H3;8-11H,6-7H2,1-5H3;7-11H,5-6H2,1-4H3;5H,1-4H3/q;;;+1. The van der Waals surface area contributed by atoms with E-state index >= 15 is 0 Å². The maximum absolute atomic E-state index is 13.5. The molecule has 0 aromatic heterocycles. The van der Waals surface area contributed by atoms with Crippen molar-refractivity contribution in [3.05, 3.63) is 0 Å². The first-order valence-electron chi connectivity index (χ1n) is 21.0. The number of hydrogen-bond acceptors (Lipinski definition) is 8. The average Bonchev–Trinajstić information content (AvgIpc) is 3.07. The monoisotopic (exact) mass is 811 g/mol. The number of rotatable bonds is 12. The molecule has 0 bridgehead atoms. The molecule has 3 saturated heterocycles. The van der Waals surface area contributed by atoms with Gasteiger partial charge < -0.3 is 19.5 Å². The molecule has 3 heterocycles. The van der Waals surface area contributed by atoms with Crippen LogP contribution in [-0.2, 0) is 27.9 Å². The van der Waals surface area contributed by atoms with Crippen LogP contribution in [0.1, 0.15) is 118 Å². The van der Waals surface area contributed by atoms with Gasteiger partial charge in [-0.2, -0.15) is 0 Å². The summed E-state index contributed by atoms with van der Waals surface area (Å²) in [6.07, 6.45) is 2.01. The highest BCUT2D eigenvalue weighted by molar-refractivity contribution is 7.59. The van der Waals surface area contributed by atoms with Gasteiger partial charge in [-0.1, -0.05) is 87.8 Å². The van der Waals surface area contributed by atoms with Gasteiger partial charge in [-0.15, -0.1) is 4.52 Å². The molecule has 8 unspecified atom stereocenters. The first-order chi connectivity index (χ1) is 24.7. The molecule has 3 fully saturated rings. The van der Waals surface area contributed by atoms with Crippen molar-refractivity contribution in [2.75, 3.05) is 67.5 Å². The minimum absolute atomic E-state index is 0.0380. The summed E-state index contributed by atoms with van der Waals surface area (Å²) in [6, 6.07) is 0.646. The van der Waals surface area contributed by atoms with Crippen molar-refractivity contribution in [2.45, 2.75) is 172 Å². The molecule has 0 aromatic rings. The van der Waals surface area contributed by atoms with Gasteiger partial charge in [0.2, 0.25) is 7.44 Å². The predicted molar refractivity (Wildman–Crippen MR) is 231 cm³/mol. The van der Waals surface area contributed by atoms with Crippen LogP contribution in [0.3, 0.4) is 0 Å². The number of morpholine rings is 3. The predicted octanol–water partition coefficient (Wildman–Crippen LogP) is 8.96. The third-order valence-corrected chi connectivity index (χ3v) is 15.1. The smallest absolute Gasteiger partial charge is 0.372 e. The van der Waals surface area contributed by atoms with Crippen molar-refractivity contribution in [3.8, 4) is 0 Å². The maximum Gasteiger partial charge on any atom is 0.615 e. The lowest BCUT2D eigenvalue weighted by molar-refractivity contribution is -0.102. The Kier molecular flexibility index (Phi) is 26.1. The highest BCUT2D eigenvalue weighted by Crippen LogP contribution is 2.57. The van der Waals surface area contributed by atoms with Gasteiger partial charge in [0.05, 0.1) is 36.6 Å². The van der Waals surface area contributed by atoms with E-state index in [0.29, 0.717) is 60.0 Å². The SMILES string of the molecule is CC(C)C1CN(P(=O)(C(C)C)N(C)C)CC(C(C)C)O1.CC(C)C1CNCC(C(C)C)O1.CC(C)O[P+](=O)N(C)C.CC1CN(C(C)C)CC(C(C)C)O1. The maximum atomic E-state index is 13.5. The van der Waals surface area contributed by atoms with Crippen molar-refractivity contribution in [2.24, 2.45) is 29.6 Å². The second-order valence-corrected chi connectivity index (χ2v) is 23.5. The largest absolute Gasteiger partial charge is 0.615 e. The summed E-state index contributed by atoms with van der Waals surface area (Å²) in [5.74, 6) is 2.77. The van der Waals surface area contributed by atoms with E-state index in [2.05, 4.69) is 119 Å². The van der Waals surface area contributed by atoms with Crippen LogP contribution < -0.4 is 5.32 Å². The van der Waals surface area contributed by atoms with Gasteiger partial charge in [0.25, 0.3) is 0 Å². The first-order valence-corrected chi connectivity index (χ1v) is 23.8. The molecular weight excluding hydrogens is 720 g/mol. The molecule has 11 nitrogen and oxygen atoms in total. The van der Waals surface area contributed by atoms with Gasteiger partial charge in [0.1, 0.15) is 6.10 Å². The van der Waals surface area contributed by atoms with Gasteiger partial charge in [-0.05, 0) is 82.9 Å². The molecule has 0 amide bonds. The Bertz CT molecular complexity index is 1000. The number of ether oxygens (including phenoxy) is 3. The van der Waals surface area contributed by atoms with E-state index in [9.17, 15) is 9.13 Å². The van der Waals surface area contributed by atoms with Gasteiger partial charge in [0.15, 0.2) is 0 Å². The summed E-state index contributed by atoms with van der Waals surface area (Å²) >= 11 is 0. The fraction of sp³-hybridized carbons (Fsp3) is 1.00. The van der Waals surface area contributed by atoms with E-state index in [1.54, 1.807) is 18.8 Å². The Hall–Kier alpha value is -0.0300. The topological polar surface area (TPSA) is 96.0 Å². The molecule has 0 saturated carbocycles. The Morgan fingerprint density at radius 2 is 1.02 bits per heavy atom. The van der Waals surface area contributed by atoms with Crippen molar-refractivity contribution in [1.29, 1.82) is 0 Å². The van der Waals surface area contributed by atoms with Crippen molar-refractivity contribution in [1.82, 2.24) is 24.2 Å². The van der Waals surface area contributed by atoms with E-state index in [-0.39, 0.29) is 24.0 Å². The second-order valence-electron chi connectivity index (χ2n) is 18.5. The fourth-order valence-electron chi connectivity index (χ4n) is 6.37. The molecular formula is C41H90N5O6P2+. The van der Waals surface area contributed by atoms with Crippen LogP contribution in [0.5, 0.6) is 0 Å². The molecule has 13 heteroatoms. The number of nitrogens with one attached hydrogen (secondary N) is 1. The molecule has 1 N–H and O–H groups in total. The fourth-order valence-corrected chi connectivity index (χ4v) is 9.79. The number of nitrogens with zero attached hydrogens (tertiary/aromatic N) is 4. The van der Waals surface area contributed by atoms with Crippen molar-refractivity contribution >= 4 is 15.6 Å². The lowest BCUT2D eigenvalue weighted by Gasteiger charge is -2.47. The van der Waals surface area contributed by atoms with Crippen LogP contribution in [0.2, 0.25) is 0 Å². The van der Waals surface area contributed by atoms with E-state index in [0.717, 1.165) is 39.3 Å². The van der Waals surface area contributed by atoms with Crippen molar-refractivity contribution in [3.63, 3.8) is 0 Å². The minimum atomic E-state index is -2.51. The first kappa shape index (κ1) is 54.0. The Balaban J connectivity index is 0.000000725. The normalized spacial score (nSPS) is 27.4. The Morgan fingerprint density at radius 1 is 0.630 bits per heavy atom. The third kappa shape index (κ3) is 19.1. The van der Waals surface area contributed by atoms with E-state index in [4.69, 9.17) is 18.7 Å². The summed E-state index contributed by atoms with van der Waals surface area (Å²) in [4.78, 5) is 2.51. The van der Waals surface area contributed by atoms with Gasteiger partial charge in [0, 0.05) is 65.1 Å². The van der Waals surface area contributed by atoms with Gasteiger partial charge in [-0.25, -0.2) is 9.34 Å². The van der Waals surface area contributed by atoms with E-state index < -0.39 is 15.6 Å². The molecule has 3 rings (SSSR count). The molecule has 3 aliphatic heterocycles. The van der Waals surface area contributed by atoms with Crippen LogP contribution in [0.25, 0.3) is 0 Å². The number of hydrogen-bond donors (Lipinski definition) is 1. The zero-order chi connectivity index (χ0) is 42.2. The van der Waals surface area contributed by atoms with Crippen LogP contribution >= 0.6 is 15.6 Å². The Morgan fingerprint density at radius 3 is 1.31 bits per heavy atom. The average molecular weight is 811 g/mol. The molecule has 0 radical (unpaired) electrons. The summed E-state index contributed by atoms with van der Waals surface area (Å²) in [5, 5.41) is 3.42. The molecule has 324 valence electrons. The van der Waals surface area contributed by atoms with Crippen LogP contribution in [0.15, 0.2) is 0 Å². The van der Waals surface area contributed by atoms with Gasteiger partial charge >= 0.3 is 8.18 Å². The summed E-state index contributed by atoms with van der Waals surface area (Å²) in [6.45, 7) is 42.4. The molecule has 0 aliphatic carbocycles. The lowest BCUT2D eigenvalue weighted by atomic mass is 10.0. The van der Waals surface area contributed by atoms with E-state index in [1.807, 2.05) is 32.6 Å². The summed E-state index contributed by atoms with van der Waals surface area (Å²) < 4.78 is 53.0. The molecule has 8 atom stereocenters. The van der Waals surface area contributed by atoms with Gasteiger partial charge in [-0.3, -0.25) is 9.46 Å².